The molecular weight excluding hydrogens is 210 g/mol. The molecule has 0 spiro atoms. The van der Waals surface area contributed by atoms with Crippen molar-refractivity contribution in [2.24, 2.45) is 5.73 Å². The molecule has 0 aliphatic heterocycles. The molecule has 0 heterocycles. The Labute approximate surface area is 95.4 Å². The SMILES string of the molecule is NC1CCC(Oc2cccc(Cl)c2)CC1. The second-order valence-electron chi connectivity index (χ2n) is 4.11. The first-order chi connectivity index (χ1) is 7.24. The lowest BCUT2D eigenvalue weighted by Gasteiger charge is -2.26. The minimum absolute atomic E-state index is 0.309. The molecule has 1 fully saturated rings. The van der Waals surface area contributed by atoms with Gasteiger partial charge in [-0.1, -0.05) is 17.7 Å². The Morgan fingerprint density at radius 2 is 1.93 bits per heavy atom. The van der Waals surface area contributed by atoms with E-state index in [-0.39, 0.29) is 0 Å². The fourth-order valence-electron chi connectivity index (χ4n) is 1.94. The topological polar surface area (TPSA) is 35.2 Å². The highest BCUT2D eigenvalue weighted by molar-refractivity contribution is 6.30. The van der Waals surface area contributed by atoms with E-state index in [4.69, 9.17) is 22.1 Å². The molecule has 0 radical (unpaired) electrons. The highest BCUT2D eigenvalue weighted by Gasteiger charge is 2.19. The fourth-order valence-corrected chi connectivity index (χ4v) is 2.12. The van der Waals surface area contributed by atoms with Gasteiger partial charge in [-0.05, 0) is 43.9 Å². The smallest absolute Gasteiger partial charge is 0.121 e. The van der Waals surface area contributed by atoms with E-state index >= 15 is 0 Å². The number of ether oxygens (including phenoxy) is 1. The molecule has 3 heteroatoms. The van der Waals surface area contributed by atoms with E-state index in [9.17, 15) is 0 Å². The van der Waals surface area contributed by atoms with Gasteiger partial charge in [0, 0.05) is 11.1 Å². The van der Waals surface area contributed by atoms with Crippen LogP contribution in [-0.2, 0) is 0 Å². The van der Waals surface area contributed by atoms with Gasteiger partial charge in [-0.3, -0.25) is 0 Å². The molecule has 2 rings (SSSR count). The first kappa shape index (κ1) is 10.8. The van der Waals surface area contributed by atoms with Crippen molar-refractivity contribution in [3.63, 3.8) is 0 Å². The van der Waals surface area contributed by atoms with Crippen molar-refractivity contribution in [3.05, 3.63) is 29.3 Å². The van der Waals surface area contributed by atoms with Crippen molar-refractivity contribution in [2.75, 3.05) is 0 Å². The largest absolute Gasteiger partial charge is 0.490 e. The van der Waals surface area contributed by atoms with E-state index in [0.29, 0.717) is 12.1 Å². The summed E-state index contributed by atoms with van der Waals surface area (Å²) in [5.74, 6) is 0.864. The molecule has 2 nitrogen and oxygen atoms in total. The van der Waals surface area contributed by atoms with Crippen LogP contribution in [0.15, 0.2) is 24.3 Å². The second kappa shape index (κ2) is 4.86. The van der Waals surface area contributed by atoms with Crippen LogP contribution in [0.2, 0.25) is 5.02 Å². The average molecular weight is 226 g/mol. The predicted octanol–water partition coefficient (Wildman–Crippen LogP) is 2.99. The maximum absolute atomic E-state index is 5.89. The van der Waals surface area contributed by atoms with Gasteiger partial charge in [0.2, 0.25) is 0 Å². The van der Waals surface area contributed by atoms with Gasteiger partial charge >= 0.3 is 0 Å². The lowest BCUT2D eigenvalue weighted by Crippen LogP contribution is -2.31. The molecule has 1 aromatic carbocycles. The third-order valence-corrected chi connectivity index (χ3v) is 3.05. The Bertz CT molecular complexity index is 321. The summed E-state index contributed by atoms with van der Waals surface area (Å²) in [5, 5.41) is 0.722. The monoisotopic (exact) mass is 225 g/mol. The van der Waals surface area contributed by atoms with Crippen LogP contribution >= 0.6 is 11.6 Å². The zero-order chi connectivity index (χ0) is 10.7. The summed E-state index contributed by atoms with van der Waals surface area (Å²) in [6, 6.07) is 7.93. The van der Waals surface area contributed by atoms with Gasteiger partial charge in [0.1, 0.15) is 5.75 Å². The summed E-state index contributed by atoms with van der Waals surface area (Å²) in [5.41, 5.74) is 5.84. The zero-order valence-corrected chi connectivity index (χ0v) is 9.41. The van der Waals surface area contributed by atoms with Crippen LogP contribution in [0.3, 0.4) is 0 Å². The number of nitrogens with two attached hydrogens (primary N) is 1. The Kier molecular flexibility index (Phi) is 3.49. The van der Waals surface area contributed by atoms with Crippen LogP contribution in [0, 0.1) is 0 Å². The van der Waals surface area contributed by atoms with Crippen molar-refractivity contribution >= 4 is 11.6 Å². The van der Waals surface area contributed by atoms with Crippen molar-refractivity contribution < 1.29 is 4.74 Å². The third kappa shape index (κ3) is 3.11. The summed E-state index contributed by atoms with van der Waals surface area (Å²) in [6.07, 6.45) is 4.53. The molecule has 0 unspecified atom stereocenters. The molecule has 1 aliphatic carbocycles. The molecule has 0 amide bonds. The second-order valence-corrected chi connectivity index (χ2v) is 4.55. The number of benzene rings is 1. The van der Waals surface area contributed by atoms with Gasteiger partial charge in [-0.2, -0.15) is 0 Å². The van der Waals surface area contributed by atoms with E-state index in [1.54, 1.807) is 0 Å². The maximum Gasteiger partial charge on any atom is 0.121 e. The molecular formula is C12H16ClNO. The lowest BCUT2D eigenvalue weighted by molar-refractivity contribution is 0.147. The van der Waals surface area contributed by atoms with Gasteiger partial charge in [-0.25, -0.2) is 0 Å². The van der Waals surface area contributed by atoms with Gasteiger partial charge in [-0.15, -0.1) is 0 Å². The average Bonchev–Trinajstić information content (AvgIpc) is 2.22. The van der Waals surface area contributed by atoms with Crippen LogP contribution < -0.4 is 10.5 Å². The standard InChI is InChI=1S/C12H16ClNO/c13-9-2-1-3-12(8-9)15-11-6-4-10(14)5-7-11/h1-3,8,10-11H,4-7,14H2. The summed E-state index contributed by atoms with van der Waals surface area (Å²) in [7, 11) is 0. The van der Waals surface area contributed by atoms with Crippen LogP contribution in [0.4, 0.5) is 0 Å². The third-order valence-electron chi connectivity index (χ3n) is 2.82. The molecule has 1 saturated carbocycles. The molecule has 2 N–H and O–H groups in total. The number of hydrogen-bond acceptors (Lipinski definition) is 2. The number of hydrogen-bond donors (Lipinski definition) is 1. The van der Waals surface area contributed by atoms with E-state index in [1.165, 1.54) is 0 Å². The molecule has 1 aromatic rings. The van der Waals surface area contributed by atoms with E-state index in [2.05, 4.69) is 0 Å². The van der Waals surface area contributed by atoms with Crippen molar-refractivity contribution in [1.82, 2.24) is 0 Å². The number of rotatable bonds is 2. The summed E-state index contributed by atoms with van der Waals surface area (Å²) < 4.78 is 5.84. The number of halogens is 1. The Morgan fingerprint density at radius 1 is 1.20 bits per heavy atom. The molecule has 0 bridgehead atoms. The molecule has 0 aromatic heterocycles. The quantitative estimate of drug-likeness (QED) is 0.840. The minimum atomic E-state index is 0.309. The molecule has 15 heavy (non-hydrogen) atoms. The van der Waals surface area contributed by atoms with E-state index in [1.807, 2.05) is 24.3 Å². The van der Waals surface area contributed by atoms with Crippen LogP contribution in [0.5, 0.6) is 5.75 Å². The minimum Gasteiger partial charge on any atom is -0.490 e. The van der Waals surface area contributed by atoms with Crippen molar-refractivity contribution in [3.8, 4) is 5.75 Å². The zero-order valence-electron chi connectivity index (χ0n) is 8.66. The summed E-state index contributed by atoms with van der Waals surface area (Å²) in [6.45, 7) is 0. The maximum atomic E-state index is 5.89. The summed E-state index contributed by atoms with van der Waals surface area (Å²) >= 11 is 5.89. The first-order valence-corrected chi connectivity index (χ1v) is 5.79. The van der Waals surface area contributed by atoms with Crippen LogP contribution in [0.1, 0.15) is 25.7 Å². The summed E-state index contributed by atoms with van der Waals surface area (Å²) in [4.78, 5) is 0. The molecule has 0 saturated heterocycles. The van der Waals surface area contributed by atoms with Gasteiger partial charge < -0.3 is 10.5 Å². The van der Waals surface area contributed by atoms with E-state index < -0.39 is 0 Å². The Balaban J connectivity index is 1.92. The predicted molar refractivity (Wildman–Crippen MR) is 62.3 cm³/mol. The van der Waals surface area contributed by atoms with Crippen molar-refractivity contribution in [1.29, 1.82) is 0 Å². The molecule has 82 valence electrons. The highest BCUT2D eigenvalue weighted by atomic mass is 35.5. The fraction of sp³-hybridized carbons (Fsp3) is 0.500. The molecule has 0 atom stereocenters. The Morgan fingerprint density at radius 3 is 2.60 bits per heavy atom. The van der Waals surface area contributed by atoms with Crippen LogP contribution in [0.25, 0.3) is 0 Å². The van der Waals surface area contributed by atoms with E-state index in [0.717, 1.165) is 36.5 Å². The molecule has 1 aliphatic rings. The lowest BCUT2D eigenvalue weighted by atomic mass is 9.94. The van der Waals surface area contributed by atoms with Crippen molar-refractivity contribution in [2.45, 2.75) is 37.8 Å². The van der Waals surface area contributed by atoms with Gasteiger partial charge in [0.05, 0.1) is 6.10 Å². The first-order valence-electron chi connectivity index (χ1n) is 5.42. The Hall–Kier alpha value is -0.730. The van der Waals surface area contributed by atoms with Crippen LogP contribution in [-0.4, -0.2) is 12.1 Å². The van der Waals surface area contributed by atoms with Gasteiger partial charge in [0.25, 0.3) is 0 Å². The highest BCUT2D eigenvalue weighted by Crippen LogP contribution is 2.24. The van der Waals surface area contributed by atoms with Gasteiger partial charge in [0.15, 0.2) is 0 Å². The normalized spacial score (nSPS) is 26.3.